The van der Waals surface area contributed by atoms with Crippen molar-refractivity contribution in [2.45, 2.75) is 38.1 Å². The molecule has 3 nitrogen and oxygen atoms in total. The van der Waals surface area contributed by atoms with Crippen molar-refractivity contribution in [1.82, 2.24) is 9.97 Å². The summed E-state index contributed by atoms with van der Waals surface area (Å²) in [5.74, 6) is 0.872. The molecule has 1 aliphatic rings. The van der Waals surface area contributed by atoms with Crippen LogP contribution in [0.2, 0.25) is 0 Å². The van der Waals surface area contributed by atoms with Gasteiger partial charge < -0.3 is 4.98 Å². The molecule has 0 amide bonds. The van der Waals surface area contributed by atoms with Gasteiger partial charge in [0.2, 0.25) is 0 Å². The number of imidazole rings is 1. The average Bonchev–Trinajstić information content (AvgIpc) is 2.80. The maximum absolute atomic E-state index is 4.63. The summed E-state index contributed by atoms with van der Waals surface area (Å²) in [6.07, 6.45) is 8.38. The molecule has 0 radical (unpaired) electrons. The topological polar surface area (TPSA) is 41.0 Å². The summed E-state index contributed by atoms with van der Waals surface area (Å²) in [5, 5.41) is 0. The molecule has 1 fully saturated rings. The van der Waals surface area contributed by atoms with E-state index in [0.29, 0.717) is 6.04 Å². The average molecular weight is 227 g/mol. The standard InChI is InChI=1S/C14H17N3/c1-2-6-11(7-3-1)15-10-14-16-12-8-4-5-9-13(12)17-14/h4-5,8-11H,1-3,6-7H2,(H,16,17)/b15-10+. The highest BCUT2D eigenvalue weighted by Gasteiger charge is 2.11. The Hall–Kier alpha value is -1.64. The molecule has 0 bridgehead atoms. The van der Waals surface area contributed by atoms with E-state index in [9.17, 15) is 0 Å². The van der Waals surface area contributed by atoms with Gasteiger partial charge in [0.1, 0.15) is 5.82 Å². The van der Waals surface area contributed by atoms with Crippen LogP contribution in [0, 0.1) is 0 Å². The van der Waals surface area contributed by atoms with Crippen molar-refractivity contribution in [3.05, 3.63) is 30.1 Å². The van der Waals surface area contributed by atoms with Crippen LogP contribution in [0.3, 0.4) is 0 Å². The van der Waals surface area contributed by atoms with Crippen molar-refractivity contribution < 1.29 is 0 Å². The number of nitrogens with one attached hydrogen (secondary N) is 1. The first kappa shape index (κ1) is 10.5. The number of aromatic nitrogens is 2. The van der Waals surface area contributed by atoms with Crippen molar-refractivity contribution in [1.29, 1.82) is 0 Å². The second-order valence-corrected chi connectivity index (χ2v) is 4.71. The lowest BCUT2D eigenvalue weighted by Crippen LogP contribution is -2.09. The largest absolute Gasteiger partial charge is 0.337 e. The third-order valence-corrected chi connectivity index (χ3v) is 3.39. The Balaban J connectivity index is 1.77. The molecule has 1 aromatic heterocycles. The Kier molecular flexibility index (Phi) is 2.90. The number of hydrogen-bond donors (Lipinski definition) is 1. The molecule has 17 heavy (non-hydrogen) atoms. The molecule has 3 heteroatoms. The first-order valence-corrected chi connectivity index (χ1v) is 6.40. The van der Waals surface area contributed by atoms with E-state index in [4.69, 9.17) is 0 Å². The maximum atomic E-state index is 4.63. The Morgan fingerprint density at radius 1 is 1.18 bits per heavy atom. The number of para-hydroxylation sites is 2. The molecular weight excluding hydrogens is 210 g/mol. The van der Waals surface area contributed by atoms with Crippen LogP contribution in [0.25, 0.3) is 11.0 Å². The number of aliphatic imine (C=N–C) groups is 1. The number of rotatable bonds is 2. The van der Waals surface area contributed by atoms with E-state index < -0.39 is 0 Å². The maximum Gasteiger partial charge on any atom is 0.149 e. The number of aromatic amines is 1. The molecule has 0 atom stereocenters. The summed E-state index contributed by atoms with van der Waals surface area (Å²) in [6.45, 7) is 0. The SMILES string of the molecule is C(=N\C1CCCCC1)/c1nc2ccccc2[nH]1. The molecule has 88 valence electrons. The first-order chi connectivity index (χ1) is 8.42. The highest BCUT2D eigenvalue weighted by Crippen LogP contribution is 2.20. The zero-order chi connectivity index (χ0) is 11.5. The molecule has 1 saturated carbocycles. The molecule has 0 saturated heterocycles. The van der Waals surface area contributed by atoms with Crippen molar-refractivity contribution in [2.75, 3.05) is 0 Å². The number of nitrogens with zero attached hydrogens (tertiary/aromatic N) is 2. The number of hydrogen-bond acceptors (Lipinski definition) is 2. The second-order valence-electron chi connectivity index (χ2n) is 4.71. The Labute approximate surface area is 101 Å². The highest BCUT2D eigenvalue weighted by molar-refractivity contribution is 5.83. The predicted molar refractivity (Wildman–Crippen MR) is 70.6 cm³/mol. The fraction of sp³-hybridized carbons (Fsp3) is 0.429. The highest BCUT2D eigenvalue weighted by atomic mass is 14.9. The summed E-state index contributed by atoms with van der Waals surface area (Å²) in [6, 6.07) is 8.59. The molecule has 0 aliphatic heterocycles. The fourth-order valence-corrected chi connectivity index (χ4v) is 2.44. The van der Waals surface area contributed by atoms with E-state index in [-0.39, 0.29) is 0 Å². The van der Waals surface area contributed by atoms with E-state index in [1.165, 1.54) is 32.1 Å². The predicted octanol–water partition coefficient (Wildman–Crippen LogP) is 3.31. The summed E-state index contributed by atoms with van der Waals surface area (Å²) in [5.41, 5.74) is 2.09. The van der Waals surface area contributed by atoms with Crippen LogP contribution < -0.4 is 0 Å². The van der Waals surface area contributed by atoms with Gasteiger partial charge in [0.25, 0.3) is 0 Å². The minimum atomic E-state index is 0.511. The third-order valence-electron chi connectivity index (χ3n) is 3.39. The van der Waals surface area contributed by atoms with Crippen molar-refractivity contribution in [3.8, 4) is 0 Å². The minimum absolute atomic E-state index is 0.511. The van der Waals surface area contributed by atoms with E-state index in [1.807, 2.05) is 30.5 Å². The Bertz CT molecular complexity index is 488. The van der Waals surface area contributed by atoms with E-state index in [2.05, 4.69) is 15.0 Å². The fourth-order valence-electron chi connectivity index (χ4n) is 2.44. The lowest BCUT2D eigenvalue weighted by atomic mass is 9.96. The minimum Gasteiger partial charge on any atom is -0.337 e. The van der Waals surface area contributed by atoms with Gasteiger partial charge in [0.05, 0.1) is 23.3 Å². The molecule has 0 spiro atoms. The Morgan fingerprint density at radius 2 is 2.00 bits per heavy atom. The van der Waals surface area contributed by atoms with Crippen molar-refractivity contribution >= 4 is 17.2 Å². The van der Waals surface area contributed by atoms with E-state index in [0.717, 1.165) is 16.9 Å². The van der Waals surface area contributed by atoms with Crippen LogP contribution in [0.4, 0.5) is 0 Å². The number of H-pyrrole nitrogens is 1. The van der Waals surface area contributed by atoms with Gasteiger partial charge in [-0.15, -0.1) is 0 Å². The van der Waals surface area contributed by atoms with Gasteiger partial charge >= 0.3 is 0 Å². The molecule has 1 heterocycles. The van der Waals surface area contributed by atoms with E-state index >= 15 is 0 Å². The van der Waals surface area contributed by atoms with Crippen molar-refractivity contribution in [3.63, 3.8) is 0 Å². The quantitative estimate of drug-likeness (QED) is 0.786. The summed E-state index contributed by atoms with van der Waals surface area (Å²) >= 11 is 0. The first-order valence-electron chi connectivity index (χ1n) is 6.40. The third kappa shape index (κ3) is 2.38. The van der Waals surface area contributed by atoms with Gasteiger partial charge in [-0.1, -0.05) is 31.4 Å². The normalized spacial score (nSPS) is 18.1. The second kappa shape index (κ2) is 4.70. The lowest BCUT2D eigenvalue weighted by Gasteiger charge is -2.16. The van der Waals surface area contributed by atoms with Gasteiger partial charge in [-0.05, 0) is 25.0 Å². The summed E-state index contributed by atoms with van der Waals surface area (Å²) in [7, 11) is 0. The molecule has 1 aromatic carbocycles. The molecule has 1 aliphatic carbocycles. The van der Waals surface area contributed by atoms with Crippen LogP contribution in [-0.2, 0) is 0 Å². The molecular formula is C14H17N3. The molecule has 3 rings (SSSR count). The van der Waals surface area contributed by atoms with Crippen LogP contribution in [0.5, 0.6) is 0 Å². The summed E-state index contributed by atoms with van der Waals surface area (Å²) in [4.78, 5) is 12.4. The summed E-state index contributed by atoms with van der Waals surface area (Å²) < 4.78 is 0. The van der Waals surface area contributed by atoms with Gasteiger partial charge in [-0.2, -0.15) is 0 Å². The van der Waals surface area contributed by atoms with Crippen molar-refractivity contribution in [2.24, 2.45) is 4.99 Å². The van der Waals surface area contributed by atoms with Crippen LogP contribution in [0.15, 0.2) is 29.3 Å². The molecule has 2 aromatic rings. The number of benzene rings is 1. The van der Waals surface area contributed by atoms with Crippen LogP contribution >= 0.6 is 0 Å². The van der Waals surface area contributed by atoms with Gasteiger partial charge in [-0.25, -0.2) is 4.98 Å². The smallest absolute Gasteiger partial charge is 0.149 e. The van der Waals surface area contributed by atoms with Gasteiger partial charge in [0, 0.05) is 0 Å². The number of fused-ring (bicyclic) bond motifs is 1. The molecule has 1 N–H and O–H groups in total. The van der Waals surface area contributed by atoms with Crippen LogP contribution in [0.1, 0.15) is 37.9 Å². The zero-order valence-electron chi connectivity index (χ0n) is 9.89. The van der Waals surface area contributed by atoms with E-state index in [1.54, 1.807) is 0 Å². The zero-order valence-corrected chi connectivity index (χ0v) is 9.89. The van der Waals surface area contributed by atoms with Crippen LogP contribution in [-0.4, -0.2) is 22.2 Å². The van der Waals surface area contributed by atoms with Gasteiger partial charge in [0.15, 0.2) is 0 Å². The monoisotopic (exact) mass is 227 g/mol. The lowest BCUT2D eigenvalue weighted by molar-refractivity contribution is 0.444. The molecule has 0 unspecified atom stereocenters. The Morgan fingerprint density at radius 3 is 2.82 bits per heavy atom. The van der Waals surface area contributed by atoms with Gasteiger partial charge in [-0.3, -0.25) is 4.99 Å².